The number of nitrogens with zero attached hydrogens (tertiary/aromatic N) is 1. The molecule has 1 aliphatic rings. The molecule has 126 valence electrons. The van der Waals surface area contributed by atoms with Gasteiger partial charge in [-0.05, 0) is 43.5 Å². The van der Waals surface area contributed by atoms with Crippen LogP contribution in [0.2, 0.25) is 0 Å². The molecule has 4 heteroatoms. The van der Waals surface area contributed by atoms with Crippen molar-refractivity contribution in [3.05, 3.63) is 53.6 Å². The maximum Gasteiger partial charge on any atom is 0.226 e. The van der Waals surface area contributed by atoms with Crippen LogP contribution in [0.25, 0.3) is 0 Å². The number of hydrogen-bond donors (Lipinski definition) is 1. The maximum absolute atomic E-state index is 12.3. The molecule has 0 unspecified atom stereocenters. The minimum atomic E-state index is 0.0127. The number of aryl methyl sites for hydroxylation is 2. The molecule has 0 spiro atoms. The SMILES string of the molecule is COc1ccccc1NC(=O)CCN1CCCc2cc(C)ccc21. The van der Waals surface area contributed by atoms with Crippen LogP contribution in [0.5, 0.6) is 5.75 Å². The number of amides is 1. The third-order valence-corrected chi connectivity index (χ3v) is 4.44. The van der Waals surface area contributed by atoms with Crippen molar-refractivity contribution in [1.82, 2.24) is 0 Å². The van der Waals surface area contributed by atoms with Gasteiger partial charge in [-0.2, -0.15) is 0 Å². The summed E-state index contributed by atoms with van der Waals surface area (Å²) in [5, 5.41) is 2.94. The van der Waals surface area contributed by atoms with E-state index in [2.05, 4.69) is 35.3 Å². The van der Waals surface area contributed by atoms with Gasteiger partial charge in [0.05, 0.1) is 12.8 Å². The van der Waals surface area contributed by atoms with Crippen LogP contribution < -0.4 is 15.0 Å². The monoisotopic (exact) mass is 324 g/mol. The number of carbonyl (C=O) groups excluding carboxylic acids is 1. The van der Waals surface area contributed by atoms with Gasteiger partial charge in [-0.15, -0.1) is 0 Å². The van der Waals surface area contributed by atoms with Crippen molar-refractivity contribution in [2.45, 2.75) is 26.2 Å². The first kappa shape index (κ1) is 16.4. The fourth-order valence-electron chi connectivity index (χ4n) is 3.23. The van der Waals surface area contributed by atoms with E-state index in [9.17, 15) is 4.79 Å². The number of benzene rings is 2. The molecule has 24 heavy (non-hydrogen) atoms. The zero-order valence-electron chi connectivity index (χ0n) is 14.3. The highest BCUT2D eigenvalue weighted by molar-refractivity contribution is 5.92. The summed E-state index contributed by atoms with van der Waals surface area (Å²) in [5.74, 6) is 0.698. The molecule has 0 atom stereocenters. The Kier molecular flexibility index (Phi) is 5.04. The Hall–Kier alpha value is -2.49. The Morgan fingerprint density at radius 2 is 2.08 bits per heavy atom. The summed E-state index contributed by atoms with van der Waals surface area (Å²) in [4.78, 5) is 14.6. The third-order valence-electron chi connectivity index (χ3n) is 4.44. The van der Waals surface area contributed by atoms with Crippen molar-refractivity contribution < 1.29 is 9.53 Å². The van der Waals surface area contributed by atoms with E-state index in [-0.39, 0.29) is 5.91 Å². The lowest BCUT2D eigenvalue weighted by Crippen LogP contribution is -2.32. The second-order valence-corrected chi connectivity index (χ2v) is 6.22. The van der Waals surface area contributed by atoms with Crippen LogP contribution in [0.4, 0.5) is 11.4 Å². The molecule has 2 aromatic rings. The molecule has 3 rings (SSSR count). The molecule has 1 amide bonds. The summed E-state index contributed by atoms with van der Waals surface area (Å²) in [6, 6.07) is 14.1. The first-order valence-electron chi connectivity index (χ1n) is 8.45. The molecular weight excluding hydrogens is 300 g/mol. The normalized spacial score (nSPS) is 13.3. The van der Waals surface area contributed by atoms with Gasteiger partial charge in [0.1, 0.15) is 5.75 Å². The maximum atomic E-state index is 12.3. The van der Waals surface area contributed by atoms with Crippen molar-refractivity contribution in [3.8, 4) is 5.75 Å². The largest absolute Gasteiger partial charge is 0.495 e. The van der Waals surface area contributed by atoms with Crippen LogP contribution in [0.1, 0.15) is 24.0 Å². The van der Waals surface area contributed by atoms with Crippen LogP contribution in [0, 0.1) is 6.92 Å². The lowest BCUT2D eigenvalue weighted by atomic mass is 9.99. The van der Waals surface area contributed by atoms with Crippen LogP contribution in [0.15, 0.2) is 42.5 Å². The van der Waals surface area contributed by atoms with Crippen molar-refractivity contribution >= 4 is 17.3 Å². The van der Waals surface area contributed by atoms with Crippen molar-refractivity contribution in [1.29, 1.82) is 0 Å². The quantitative estimate of drug-likeness (QED) is 0.910. The molecule has 2 aromatic carbocycles. The Labute approximate surface area is 143 Å². The van der Waals surface area contributed by atoms with E-state index < -0.39 is 0 Å². The second kappa shape index (κ2) is 7.39. The van der Waals surface area contributed by atoms with Crippen LogP contribution in [-0.2, 0) is 11.2 Å². The van der Waals surface area contributed by atoms with E-state index in [1.165, 1.54) is 16.8 Å². The number of anilines is 2. The molecule has 1 heterocycles. The van der Waals surface area contributed by atoms with E-state index in [0.29, 0.717) is 12.2 Å². The van der Waals surface area contributed by atoms with Gasteiger partial charge < -0.3 is 15.0 Å². The summed E-state index contributed by atoms with van der Waals surface area (Å²) < 4.78 is 5.27. The topological polar surface area (TPSA) is 41.6 Å². The van der Waals surface area contributed by atoms with Gasteiger partial charge in [0.25, 0.3) is 0 Å². The Balaban J connectivity index is 1.61. The first-order valence-corrected chi connectivity index (χ1v) is 8.45. The first-order chi connectivity index (χ1) is 11.7. The van der Waals surface area contributed by atoms with E-state index in [0.717, 1.165) is 31.6 Å². The van der Waals surface area contributed by atoms with Gasteiger partial charge in [-0.1, -0.05) is 29.8 Å². The predicted molar refractivity (Wildman–Crippen MR) is 98.0 cm³/mol. The summed E-state index contributed by atoms with van der Waals surface area (Å²) in [5.41, 5.74) is 4.69. The minimum absolute atomic E-state index is 0.0127. The summed E-state index contributed by atoms with van der Waals surface area (Å²) >= 11 is 0. The second-order valence-electron chi connectivity index (χ2n) is 6.22. The van der Waals surface area contributed by atoms with Crippen molar-refractivity contribution in [2.75, 3.05) is 30.4 Å². The molecule has 4 nitrogen and oxygen atoms in total. The molecule has 0 saturated carbocycles. The molecule has 0 bridgehead atoms. The van der Waals surface area contributed by atoms with Gasteiger partial charge in [-0.25, -0.2) is 0 Å². The average molecular weight is 324 g/mol. The number of ether oxygens (including phenoxy) is 1. The van der Waals surface area contributed by atoms with Crippen molar-refractivity contribution in [2.24, 2.45) is 0 Å². The minimum Gasteiger partial charge on any atom is -0.495 e. The molecule has 0 radical (unpaired) electrons. The highest BCUT2D eigenvalue weighted by atomic mass is 16.5. The number of nitrogens with one attached hydrogen (secondary N) is 1. The van der Waals surface area contributed by atoms with E-state index in [4.69, 9.17) is 4.74 Å². The summed E-state index contributed by atoms with van der Waals surface area (Å²) in [7, 11) is 1.61. The van der Waals surface area contributed by atoms with Crippen LogP contribution in [-0.4, -0.2) is 26.1 Å². The van der Waals surface area contributed by atoms with Gasteiger partial charge in [-0.3, -0.25) is 4.79 Å². The number of fused-ring (bicyclic) bond motifs is 1. The average Bonchev–Trinajstić information content (AvgIpc) is 2.60. The number of para-hydroxylation sites is 2. The Bertz CT molecular complexity index is 727. The lowest BCUT2D eigenvalue weighted by molar-refractivity contribution is -0.116. The summed E-state index contributed by atoms with van der Waals surface area (Å²) in [6.07, 6.45) is 2.73. The molecule has 1 aliphatic heterocycles. The van der Waals surface area contributed by atoms with Crippen molar-refractivity contribution in [3.63, 3.8) is 0 Å². The fourth-order valence-corrected chi connectivity index (χ4v) is 3.23. The van der Waals surface area contributed by atoms with E-state index in [1.54, 1.807) is 7.11 Å². The number of hydrogen-bond acceptors (Lipinski definition) is 3. The van der Waals surface area contributed by atoms with E-state index in [1.807, 2.05) is 24.3 Å². The molecule has 0 aromatic heterocycles. The van der Waals surface area contributed by atoms with E-state index >= 15 is 0 Å². The van der Waals surface area contributed by atoms with Crippen LogP contribution in [0.3, 0.4) is 0 Å². The highest BCUT2D eigenvalue weighted by Crippen LogP contribution is 2.28. The molecule has 0 saturated heterocycles. The fraction of sp³-hybridized carbons (Fsp3) is 0.350. The predicted octanol–water partition coefficient (Wildman–Crippen LogP) is 3.79. The molecular formula is C20H24N2O2. The molecule has 1 N–H and O–H groups in total. The standard InChI is InChI=1S/C20H24N2O2/c1-15-9-10-18-16(14-15)6-5-12-22(18)13-11-20(23)21-17-7-3-4-8-19(17)24-2/h3-4,7-10,14H,5-6,11-13H2,1-2H3,(H,21,23). The number of rotatable bonds is 5. The molecule has 0 aliphatic carbocycles. The van der Waals surface area contributed by atoms with Gasteiger partial charge in [0, 0.05) is 25.2 Å². The lowest BCUT2D eigenvalue weighted by Gasteiger charge is -2.31. The smallest absolute Gasteiger partial charge is 0.226 e. The van der Waals surface area contributed by atoms with Gasteiger partial charge in [0.15, 0.2) is 0 Å². The zero-order chi connectivity index (χ0) is 16.9. The summed E-state index contributed by atoms with van der Waals surface area (Å²) in [6.45, 7) is 3.87. The highest BCUT2D eigenvalue weighted by Gasteiger charge is 2.17. The zero-order valence-corrected chi connectivity index (χ0v) is 14.3. The van der Waals surface area contributed by atoms with Crippen LogP contribution >= 0.6 is 0 Å². The Morgan fingerprint density at radius 1 is 1.25 bits per heavy atom. The number of carbonyl (C=O) groups is 1. The molecule has 0 fully saturated rings. The number of methoxy groups -OCH3 is 1. The third kappa shape index (κ3) is 3.70. The Morgan fingerprint density at radius 3 is 2.92 bits per heavy atom. The van der Waals surface area contributed by atoms with Gasteiger partial charge >= 0.3 is 0 Å². The van der Waals surface area contributed by atoms with Gasteiger partial charge in [0.2, 0.25) is 5.91 Å².